The van der Waals surface area contributed by atoms with Crippen LogP contribution in [0.15, 0.2) is 47.5 Å². The summed E-state index contributed by atoms with van der Waals surface area (Å²) < 4.78 is 13.1. The van der Waals surface area contributed by atoms with Crippen molar-refractivity contribution in [1.29, 1.82) is 0 Å². The molecule has 0 spiro atoms. The third-order valence-corrected chi connectivity index (χ3v) is 12.4. The van der Waals surface area contributed by atoms with Gasteiger partial charge in [-0.1, -0.05) is 18.9 Å². The highest BCUT2D eigenvalue weighted by Gasteiger charge is 2.26. The van der Waals surface area contributed by atoms with E-state index >= 15 is 0 Å². The van der Waals surface area contributed by atoms with E-state index in [1.807, 2.05) is 49.9 Å². The van der Waals surface area contributed by atoms with Gasteiger partial charge in [0.2, 0.25) is 11.9 Å². The van der Waals surface area contributed by atoms with Crippen LogP contribution in [0.3, 0.4) is 0 Å². The first-order valence-electron chi connectivity index (χ1n) is 20.9. The molecule has 1 aromatic carbocycles. The summed E-state index contributed by atoms with van der Waals surface area (Å²) >= 11 is 1.46. The second kappa shape index (κ2) is 19.7. The van der Waals surface area contributed by atoms with Crippen molar-refractivity contribution >= 4 is 68.2 Å². The lowest BCUT2D eigenvalue weighted by molar-refractivity contribution is -0.132. The SMILES string of the molecule is CC(=O)c1c(C)c2cnc(Nc3ccc(N4CCN(C(=O)CCOCCOCCNc5cccc(C(=O)Nc6nc(C)c(C)s6)c5C)CC4)cn3)nc2n(C2CCCC2)c1=O. The quantitative estimate of drug-likeness (QED) is 0.0693. The maximum absolute atomic E-state index is 13.6. The fraction of sp³-hybridized carbons (Fsp3) is 0.455. The molecule has 1 saturated heterocycles. The van der Waals surface area contributed by atoms with Crippen molar-refractivity contribution in [3.63, 3.8) is 0 Å². The molecule has 7 rings (SSSR count). The van der Waals surface area contributed by atoms with Crippen LogP contribution in [-0.2, 0) is 14.3 Å². The normalized spacial score (nSPS) is 14.4. The highest BCUT2D eigenvalue weighted by molar-refractivity contribution is 7.15. The lowest BCUT2D eigenvalue weighted by atomic mass is 10.0. The number of aromatic nitrogens is 5. The van der Waals surface area contributed by atoms with E-state index in [0.29, 0.717) is 105 Å². The Balaban J connectivity index is 0.798. The number of amides is 2. The molecule has 0 bridgehead atoms. The maximum Gasteiger partial charge on any atom is 0.263 e. The molecule has 2 amide bonds. The Kier molecular flexibility index (Phi) is 14.0. The van der Waals surface area contributed by atoms with E-state index in [-0.39, 0.29) is 34.8 Å². The van der Waals surface area contributed by atoms with Gasteiger partial charge in [-0.05, 0) is 82.9 Å². The van der Waals surface area contributed by atoms with Crippen molar-refractivity contribution in [1.82, 2.24) is 29.4 Å². The van der Waals surface area contributed by atoms with Gasteiger partial charge in [0.25, 0.3) is 11.5 Å². The number of pyridine rings is 2. The van der Waals surface area contributed by atoms with Gasteiger partial charge in [-0.2, -0.15) is 4.98 Å². The van der Waals surface area contributed by atoms with Gasteiger partial charge < -0.3 is 29.9 Å². The number of carbonyl (C=O) groups is 3. The number of anilines is 5. The maximum atomic E-state index is 13.6. The number of nitrogens with zero attached hydrogens (tertiary/aromatic N) is 7. The molecule has 0 unspecified atom stereocenters. The van der Waals surface area contributed by atoms with Crippen molar-refractivity contribution < 1.29 is 23.9 Å². The third kappa shape index (κ3) is 10.2. The number of fused-ring (bicyclic) bond motifs is 1. The van der Waals surface area contributed by atoms with Gasteiger partial charge in [0.15, 0.2) is 10.9 Å². The number of nitrogens with one attached hydrogen (secondary N) is 3. The van der Waals surface area contributed by atoms with Crippen LogP contribution in [-0.4, -0.2) is 106 Å². The second-order valence-corrected chi connectivity index (χ2v) is 16.7. The molecule has 0 atom stereocenters. The van der Waals surface area contributed by atoms with Crippen LogP contribution in [0.1, 0.15) is 87.5 Å². The summed E-state index contributed by atoms with van der Waals surface area (Å²) in [4.78, 5) is 75.2. The number of carbonyl (C=O) groups excluding carboxylic acids is 3. The van der Waals surface area contributed by atoms with Crippen LogP contribution in [0.25, 0.3) is 11.0 Å². The Bertz CT molecular complexity index is 2420. The number of Topliss-reactive ketones (excluding diaryl/α,β-unsaturated/α-hetero) is 1. The first kappa shape index (κ1) is 43.3. The minimum absolute atomic E-state index is 0.00205. The Hall–Kier alpha value is -5.78. The molecule has 1 aliphatic heterocycles. The molecule has 322 valence electrons. The van der Waals surface area contributed by atoms with E-state index in [9.17, 15) is 19.2 Å². The Labute approximate surface area is 359 Å². The smallest absolute Gasteiger partial charge is 0.263 e. The summed E-state index contributed by atoms with van der Waals surface area (Å²) in [5.41, 5.74) is 5.21. The highest BCUT2D eigenvalue weighted by Crippen LogP contribution is 2.32. The molecule has 16 nitrogen and oxygen atoms in total. The summed E-state index contributed by atoms with van der Waals surface area (Å²) in [5, 5.41) is 10.7. The van der Waals surface area contributed by atoms with E-state index in [1.54, 1.807) is 30.0 Å². The summed E-state index contributed by atoms with van der Waals surface area (Å²) in [5.74, 6) is 0.499. The Morgan fingerprint density at radius 2 is 1.62 bits per heavy atom. The molecule has 1 aliphatic carbocycles. The minimum atomic E-state index is -0.286. The number of hydrogen-bond donors (Lipinski definition) is 3. The largest absolute Gasteiger partial charge is 0.382 e. The standard InChI is InChI=1S/C44H54N10O6S/c1-27-34(41(57)51-44-48-29(3)31(5)61-44)11-8-12-36(27)45-16-22-60-24-23-59-21-15-38(56)53-19-17-52(18-20-53)33-13-14-37(46-25-33)49-43-47-26-35-28(2)39(30(4)55)42(58)54(40(35)50-43)32-9-6-7-10-32/h8,11-14,25-26,32,45H,6-7,9-10,15-24H2,1-5H3,(H,48,51,57)(H,46,47,49,50). The molecule has 61 heavy (non-hydrogen) atoms. The van der Waals surface area contributed by atoms with Crippen LogP contribution >= 0.6 is 11.3 Å². The molecule has 3 N–H and O–H groups in total. The summed E-state index contributed by atoms with van der Waals surface area (Å²) in [6.07, 6.45) is 7.58. The summed E-state index contributed by atoms with van der Waals surface area (Å²) in [7, 11) is 0. The third-order valence-electron chi connectivity index (χ3n) is 11.5. The first-order valence-corrected chi connectivity index (χ1v) is 21.7. The molecule has 1 saturated carbocycles. The molecular formula is C44H54N10O6S. The Morgan fingerprint density at radius 1 is 0.869 bits per heavy atom. The number of piperazine rings is 1. The van der Waals surface area contributed by atoms with Crippen molar-refractivity contribution in [2.45, 2.75) is 72.8 Å². The van der Waals surface area contributed by atoms with Gasteiger partial charge in [0, 0.05) is 66.5 Å². The van der Waals surface area contributed by atoms with Gasteiger partial charge >= 0.3 is 0 Å². The zero-order chi connectivity index (χ0) is 43.0. The zero-order valence-electron chi connectivity index (χ0n) is 35.5. The van der Waals surface area contributed by atoms with Crippen LogP contribution in [0.4, 0.5) is 28.3 Å². The van der Waals surface area contributed by atoms with E-state index in [0.717, 1.165) is 53.2 Å². The molecule has 17 heteroatoms. The molecule has 4 aromatic heterocycles. The molecule has 0 radical (unpaired) electrons. The topological polar surface area (TPSA) is 186 Å². The minimum Gasteiger partial charge on any atom is -0.382 e. The lowest BCUT2D eigenvalue weighted by Crippen LogP contribution is -2.49. The fourth-order valence-corrected chi connectivity index (χ4v) is 8.76. The molecule has 5 heterocycles. The second-order valence-electron chi connectivity index (χ2n) is 15.5. The number of ether oxygens (including phenoxy) is 2. The van der Waals surface area contributed by atoms with E-state index in [1.165, 1.54) is 18.3 Å². The van der Waals surface area contributed by atoms with Crippen LogP contribution in [0, 0.1) is 27.7 Å². The lowest BCUT2D eigenvalue weighted by Gasteiger charge is -2.36. The van der Waals surface area contributed by atoms with Crippen LogP contribution < -0.4 is 26.4 Å². The van der Waals surface area contributed by atoms with E-state index < -0.39 is 0 Å². The van der Waals surface area contributed by atoms with Gasteiger partial charge in [0.1, 0.15) is 11.5 Å². The van der Waals surface area contributed by atoms with Crippen LogP contribution in [0.5, 0.6) is 0 Å². The van der Waals surface area contributed by atoms with E-state index in [2.05, 4.69) is 35.8 Å². The molecule has 5 aromatic rings. The van der Waals surface area contributed by atoms with Crippen LogP contribution in [0.2, 0.25) is 0 Å². The zero-order valence-corrected chi connectivity index (χ0v) is 36.3. The van der Waals surface area contributed by atoms with Crippen molar-refractivity contribution in [2.24, 2.45) is 0 Å². The number of rotatable bonds is 17. The predicted octanol–water partition coefficient (Wildman–Crippen LogP) is 6.37. The molecule has 2 aliphatic rings. The fourth-order valence-electron chi connectivity index (χ4n) is 7.95. The Morgan fingerprint density at radius 3 is 2.31 bits per heavy atom. The average Bonchev–Trinajstić information content (AvgIpc) is 3.89. The highest BCUT2D eigenvalue weighted by atomic mass is 32.1. The van der Waals surface area contributed by atoms with E-state index in [4.69, 9.17) is 14.5 Å². The predicted molar refractivity (Wildman–Crippen MR) is 238 cm³/mol. The van der Waals surface area contributed by atoms with Gasteiger partial charge in [-0.15, -0.1) is 11.3 Å². The molecule has 2 fully saturated rings. The van der Waals surface area contributed by atoms with Crippen molar-refractivity contribution in [3.8, 4) is 0 Å². The summed E-state index contributed by atoms with van der Waals surface area (Å²) in [6, 6.07) is 9.43. The summed E-state index contributed by atoms with van der Waals surface area (Å²) in [6.45, 7) is 13.7. The number of thiazole rings is 1. The van der Waals surface area contributed by atoms with Gasteiger partial charge in [-0.25, -0.2) is 15.0 Å². The van der Waals surface area contributed by atoms with Gasteiger partial charge in [0.05, 0.1) is 56.0 Å². The number of benzene rings is 1. The monoisotopic (exact) mass is 850 g/mol. The number of hydrogen-bond acceptors (Lipinski definition) is 14. The van der Waals surface area contributed by atoms with Gasteiger partial charge in [-0.3, -0.25) is 29.1 Å². The molecular weight excluding hydrogens is 797 g/mol. The first-order chi connectivity index (χ1) is 29.5. The van der Waals surface area contributed by atoms with Crippen molar-refractivity contribution in [2.75, 3.05) is 80.0 Å². The number of ketones is 1. The van der Waals surface area contributed by atoms with Crippen molar-refractivity contribution in [3.05, 3.63) is 85.9 Å². The average molecular weight is 851 g/mol. The number of aryl methyl sites for hydroxylation is 3.